The summed E-state index contributed by atoms with van der Waals surface area (Å²) in [5.41, 5.74) is 5.74. The molecule has 2 aromatic heterocycles. The number of hydrogen-bond donors (Lipinski definition) is 2. The van der Waals surface area contributed by atoms with Gasteiger partial charge in [-0.25, -0.2) is 22.9 Å². The maximum Gasteiger partial charge on any atom is 0.288 e. The summed E-state index contributed by atoms with van der Waals surface area (Å²) >= 11 is -0.483. The number of nitrogens with one attached hydrogen (secondary N) is 1. The fraction of sp³-hybridized carbons (Fsp3) is 0.476. The van der Waals surface area contributed by atoms with Gasteiger partial charge in [0.25, 0.3) is 12.0 Å². The van der Waals surface area contributed by atoms with E-state index in [-0.39, 0.29) is 0 Å². The SMILES string of the molecule is CCc1cc2c(cc1Sc1nc3c(C)[n+](C)cnc3n1CCCNS(=O)O)C(F)CC2. The van der Waals surface area contributed by atoms with Gasteiger partial charge in [-0.15, -0.1) is 0 Å². The Labute approximate surface area is 187 Å². The minimum absolute atomic E-state index is 0.398. The summed E-state index contributed by atoms with van der Waals surface area (Å²) in [7, 11) is 1.94. The topological polar surface area (TPSA) is 83.9 Å². The van der Waals surface area contributed by atoms with Crippen LogP contribution in [-0.2, 0) is 37.7 Å². The fourth-order valence-corrected chi connectivity index (χ4v) is 5.44. The zero-order valence-corrected chi connectivity index (χ0v) is 19.5. The van der Waals surface area contributed by atoms with Crippen molar-refractivity contribution in [3.8, 4) is 0 Å². The number of fused-ring (bicyclic) bond motifs is 2. The molecule has 0 aliphatic heterocycles. The van der Waals surface area contributed by atoms with Crippen molar-refractivity contribution in [2.75, 3.05) is 6.54 Å². The third-order valence-corrected chi connectivity index (χ3v) is 7.37. The van der Waals surface area contributed by atoms with Crippen LogP contribution in [-0.4, -0.2) is 29.8 Å². The number of imidazole rings is 1. The van der Waals surface area contributed by atoms with E-state index >= 15 is 0 Å². The third kappa shape index (κ3) is 4.52. The van der Waals surface area contributed by atoms with Crippen molar-refractivity contribution in [1.29, 1.82) is 0 Å². The van der Waals surface area contributed by atoms with Crippen molar-refractivity contribution >= 4 is 34.2 Å². The second-order valence-corrected chi connectivity index (χ2v) is 9.57. The maximum absolute atomic E-state index is 14.4. The summed E-state index contributed by atoms with van der Waals surface area (Å²) in [6.45, 7) is 5.12. The van der Waals surface area contributed by atoms with Crippen LogP contribution in [0.25, 0.3) is 11.2 Å². The van der Waals surface area contributed by atoms with Crippen molar-refractivity contribution in [2.24, 2.45) is 7.05 Å². The predicted molar refractivity (Wildman–Crippen MR) is 119 cm³/mol. The van der Waals surface area contributed by atoms with E-state index in [0.29, 0.717) is 25.9 Å². The van der Waals surface area contributed by atoms with Gasteiger partial charge in [-0.3, -0.25) is 9.12 Å². The molecule has 2 unspecified atom stereocenters. The molecule has 0 spiro atoms. The summed E-state index contributed by atoms with van der Waals surface area (Å²) in [6.07, 6.45) is 3.74. The Morgan fingerprint density at radius 1 is 1.45 bits per heavy atom. The number of rotatable bonds is 8. The smallest absolute Gasteiger partial charge is 0.288 e. The molecule has 0 radical (unpaired) electrons. The number of alkyl halides is 1. The lowest BCUT2D eigenvalue weighted by molar-refractivity contribution is -0.679. The summed E-state index contributed by atoms with van der Waals surface area (Å²) in [6, 6.07) is 4.14. The van der Waals surface area contributed by atoms with E-state index in [1.165, 1.54) is 5.56 Å². The zero-order chi connectivity index (χ0) is 22.1. The average molecular weight is 465 g/mol. The standard InChI is InChI=1S/C21H26FN5O2S2/c1-4-14-10-15-6-7-17(22)16(15)11-18(14)30-21-25-19-13(2)26(3)12-23-20(19)27(21)9-5-8-24-31(28)29/h10-12,17,24H,4-9H2,1-3H3/p+1. The first-order valence-corrected chi connectivity index (χ1v) is 12.3. The van der Waals surface area contributed by atoms with Gasteiger partial charge in [0, 0.05) is 24.9 Å². The van der Waals surface area contributed by atoms with E-state index in [1.54, 1.807) is 18.1 Å². The average Bonchev–Trinajstić information content (AvgIpc) is 3.28. The Balaban J connectivity index is 1.73. The van der Waals surface area contributed by atoms with Crippen LogP contribution in [0.15, 0.2) is 28.5 Å². The van der Waals surface area contributed by atoms with Crippen molar-refractivity contribution in [3.63, 3.8) is 0 Å². The quantitative estimate of drug-likeness (QED) is 0.303. The Kier molecular flexibility index (Phi) is 6.71. The highest BCUT2D eigenvalue weighted by molar-refractivity contribution is 7.99. The monoisotopic (exact) mass is 464 g/mol. The van der Waals surface area contributed by atoms with E-state index in [4.69, 9.17) is 9.54 Å². The van der Waals surface area contributed by atoms with Gasteiger partial charge in [-0.1, -0.05) is 24.8 Å². The van der Waals surface area contributed by atoms with E-state index in [1.807, 2.05) is 24.6 Å². The van der Waals surface area contributed by atoms with Gasteiger partial charge in [0.2, 0.25) is 11.3 Å². The normalized spacial score (nSPS) is 16.7. The maximum atomic E-state index is 14.4. The van der Waals surface area contributed by atoms with Gasteiger partial charge in [-0.05, 0) is 53.4 Å². The van der Waals surface area contributed by atoms with Crippen LogP contribution in [0.2, 0.25) is 0 Å². The van der Waals surface area contributed by atoms with Gasteiger partial charge < -0.3 is 0 Å². The Morgan fingerprint density at radius 2 is 2.26 bits per heavy atom. The number of nitrogens with zero attached hydrogens (tertiary/aromatic N) is 4. The summed E-state index contributed by atoms with van der Waals surface area (Å²) in [5, 5.41) is 0.796. The molecule has 1 aromatic carbocycles. The number of halogens is 1. The number of hydrogen-bond acceptors (Lipinski definition) is 4. The Hall–Kier alpha value is -1.88. The molecule has 7 nitrogen and oxygen atoms in total. The molecule has 0 saturated carbocycles. The molecular formula is C21H27FN5O2S2+. The van der Waals surface area contributed by atoms with E-state index in [9.17, 15) is 8.60 Å². The molecule has 0 fully saturated rings. The first-order valence-electron chi connectivity index (χ1n) is 10.4. The van der Waals surface area contributed by atoms with Crippen molar-refractivity contribution < 1.29 is 17.7 Å². The summed E-state index contributed by atoms with van der Waals surface area (Å²) < 4.78 is 40.7. The molecule has 10 heteroatoms. The first-order chi connectivity index (χ1) is 14.9. The number of aromatic nitrogens is 4. The molecule has 1 aliphatic rings. The van der Waals surface area contributed by atoms with Crippen LogP contribution in [0.5, 0.6) is 0 Å². The Bertz CT molecular complexity index is 1150. The molecule has 0 amide bonds. The van der Waals surface area contributed by atoms with E-state index < -0.39 is 17.4 Å². The Morgan fingerprint density at radius 3 is 3.00 bits per heavy atom. The van der Waals surface area contributed by atoms with Gasteiger partial charge >= 0.3 is 0 Å². The zero-order valence-electron chi connectivity index (χ0n) is 17.9. The molecular weight excluding hydrogens is 437 g/mol. The second-order valence-electron chi connectivity index (χ2n) is 7.78. The van der Waals surface area contributed by atoms with E-state index in [2.05, 4.69) is 27.3 Å². The lowest BCUT2D eigenvalue weighted by Gasteiger charge is -2.12. The summed E-state index contributed by atoms with van der Waals surface area (Å²) in [4.78, 5) is 10.5. The molecule has 3 aromatic rings. The fourth-order valence-electron chi connectivity index (χ4n) is 3.98. The predicted octanol–water partition coefficient (Wildman–Crippen LogP) is 3.35. The highest BCUT2D eigenvalue weighted by atomic mass is 32.2. The van der Waals surface area contributed by atoms with Gasteiger partial charge in [-0.2, -0.15) is 0 Å². The van der Waals surface area contributed by atoms with Crippen molar-refractivity contribution in [3.05, 3.63) is 40.8 Å². The molecule has 2 atom stereocenters. The van der Waals surface area contributed by atoms with Crippen LogP contribution >= 0.6 is 11.8 Å². The third-order valence-electron chi connectivity index (χ3n) is 5.82. The van der Waals surface area contributed by atoms with E-state index in [0.717, 1.165) is 50.9 Å². The lowest BCUT2D eigenvalue weighted by Crippen LogP contribution is -2.32. The van der Waals surface area contributed by atoms with Crippen LogP contribution < -0.4 is 9.29 Å². The van der Waals surface area contributed by atoms with Crippen molar-refractivity contribution in [2.45, 2.75) is 62.3 Å². The minimum Gasteiger partial charge on any atom is -0.294 e. The molecule has 31 heavy (non-hydrogen) atoms. The number of benzene rings is 1. The minimum atomic E-state index is -2.03. The van der Waals surface area contributed by atoms with Gasteiger partial charge in [0.05, 0.1) is 7.05 Å². The van der Waals surface area contributed by atoms with Crippen molar-refractivity contribution in [1.82, 2.24) is 19.3 Å². The van der Waals surface area contributed by atoms with Crippen LogP contribution in [0.1, 0.15) is 48.3 Å². The highest BCUT2D eigenvalue weighted by Gasteiger charge is 2.26. The van der Waals surface area contributed by atoms with Crippen LogP contribution in [0, 0.1) is 6.92 Å². The highest BCUT2D eigenvalue weighted by Crippen LogP contribution is 2.40. The molecule has 0 saturated heterocycles. The lowest BCUT2D eigenvalue weighted by atomic mass is 10.0. The molecule has 4 rings (SSSR count). The van der Waals surface area contributed by atoms with Crippen LogP contribution in [0.3, 0.4) is 0 Å². The molecule has 166 valence electrons. The molecule has 1 aliphatic carbocycles. The first kappa shape index (κ1) is 22.3. The summed E-state index contributed by atoms with van der Waals surface area (Å²) in [5.74, 6) is 0. The van der Waals surface area contributed by atoms with Crippen LogP contribution in [0.4, 0.5) is 4.39 Å². The largest absolute Gasteiger partial charge is 0.294 e. The molecule has 2 N–H and O–H groups in total. The van der Waals surface area contributed by atoms with Gasteiger partial charge in [0.1, 0.15) is 11.9 Å². The second kappa shape index (κ2) is 9.32. The molecule has 0 bridgehead atoms. The number of aryl methyl sites for hydroxylation is 5. The van der Waals surface area contributed by atoms with Gasteiger partial charge in [0.15, 0.2) is 10.7 Å². The molecule has 2 heterocycles.